The Morgan fingerprint density at radius 3 is 2.58 bits per heavy atom. The fourth-order valence-electron chi connectivity index (χ4n) is 3.15. The van der Waals surface area contributed by atoms with Crippen molar-refractivity contribution in [1.82, 2.24) is 4.98 Å². The van der Waals surface area contributed by atoms with Crippen molar-refractivity contribution in [3.8, 4) is 5.75 Å². The lowest BCUT2D eigenvalue weighted by molar-refractivity contribution is 0.102. The summed E-state index contributed by atoms with van der Waals surface area (Å²) in [6, 6.07) is 20.2. The lowest BCUT2D eigenvalue weighted by Crippen LogP contribution is -2.11. The van der Waals surface area contributed by atoms with Gasteiger partial charge in [0.25, 0.3) is 5.91 Å². The molecule has 0 saturated heterocycles. The normalized spacial score (nSPS) is 10.9. The zero-order valence-corrected chi connectivity index (χ0v) is 18.0. The molecule has 0 atom stereocenters. The van der Waals surface area contributed by atoms with Gasteiger partial charge in [-0.2, -0.15) is 0 Å². The summed E-state index contributed by atoms with van der Waals surface area (Å²) >= 11 is 5.94. The number of fused-ring (bicyclic) bond motifs is 1. The first-order valence-electron chi connectivity index (χ1n) is 10.3. The van der Waals surface area contributed by atoms with E-state index in [-0.39, 0.29) is 5.91 Å². The summed E-state index contributed by atoms with van der Waals surface area (Å²) in [6.07, 6.45) is 2.66. The Morgan fingerprint density at radius 2 is 1.84 bits per heavy atom. The van der Waals surface area contributed by atoms with Crippen LogP contribution in [0.2, 0.25) is 5.02 Å². The van der Waals surface area contributed by atoms with Crippen LogP contribution < -0.4 is 10.1 Å². The lowest BCUT2D eigenvalue weighted by atomic mass is 10.1. The number of hydrogen-bond acceptors (Lipinski definition) is 4. The van der Waals surface area contributed by atoms with Crippen molar-refractivity contribution in [2.24, 2.45) is 0 Å². The smallest absolute Gasteiger partial charge is 0.255 e. The number of anilines is 1. The molecule has 1 aromatic heterocycles. The summed E-state index contributed by atoms with van der Waals surface area (Å²) in [5.74, 6) is 1.19. The van der Waals surface area contributed by atoms with E-state index in [1.807, 2.05) is 48.5 Å². The van der Waals surface area contributed by atoms with Gasteiger partial charge in [-0.25, -0.2) is 4.98 Å². The standard InChI is InChI=1S/C25H23ClN2O3/c1-2-3-14-30-21-11-6-18(7-12-21)25(29)27-20-10-13-23-22(16-20)28-24(31-23)15-17-4-8-19(26)9-5-17/h4-13,16H,2-3,14-15H2,1H3,(H,27,29). The molecule has 0 aliphatic rings. The predicted octanol–water partition coefficient (Wildman–Crippen LogP) is 6.50. The van der Waals surface area contributed by atoms with E-state index >= 15 is 0 Å². The molecule has 1 N–H and O–H groups in total. The summed E-state index contributed by atoms with van der Waals surface area (Å²) in [7, 11) is 0. The number of hydrogen-bond donors (Lipinski definition) is 1. The highest BCUT2D eigenvalue weighted by Crippen LogP contribution is 2.23. The number of ether oxygens (including phenoxy) is 1. The molecule has 6 heteroatoms. The first-order chi connectivity index (χ1) is 15.1. The fraction of sp³-hybridized carbons (Fsp3) is 0.200. The quantitative estimate of drug-likeness (QED) is 0.321. The molecule has 1 heterocycles. The highest BCUT2D eigenvalue weighted by Gasteiger charge is 2.11. The van der Waals surface area contributed by atoms with Crippen LogP contribution in [0.4, 0.5) is 5.69 Å². The largest absolute Gasteiger partial charge is 0.494 e. The van der Waals surface area contributed by atoms with Crippen LogP contribution >= 0.6 is 11.6 Å². The molecule has 31 heavy (non-hydrogen) atoms. The Bertz CT molecular complexity index is 1170. The van der Waals surface area contributed by atoms with E-state index in [0.29, 0.717) is 46.3 Å². The van der Waals surface area contributed by atoms with Crippen molar-refractivity contribution in [2.75, 3.05) is 11.9 Å². The van der Waals surface area contributed by atoms with Gasteiger partial charge in [-0.1, -0.05) is 37.1 Å². The zero-order chi connectivity index (χ0) is 21.6. The number of carbonyl (C=O) groups excluding carboxylic acids is 1. The van der Waals surface area contributed by atoms with Gasteiger partial charge in [0.1, 0.15) is 11.3 Å². The first-order valence-corrected chi connectivity index (χ1v) is 10.7. The maximum atomic E-state index is 12.6. The highest BCUT2D eigenvalue weighted by molar-refractivity contribution is 6.30. The topological polar surface area (TPSA) is 64.4 Å². The summed E-state index contributed by atoms with van der Waals surface area (Å²) in [4.78, 5) is 17.1. The van der Waals surface area contributed by atoms with E-state index in [2.05, 4.69) is 17.2 Å². The molecule has 0 aliphatic heterocycles. The van der Waals surface area contributed by atoms with Crippen molar-refractivity contribution < 1.29 is 13.9 Å². The van der Waals surface area contributed by atoms with Crippen LogP contribution in [0.15, 0.2) is 71.1 Å². The van der Waals surface area contributed by atoms with E-state index in [4.69, 9.17) is 20.8 Å². The second-order valence-corrected chi connectivity index (χ2v) is 7.71. The third kappa shape index (κ3) is 5.44. The Labute approximate surface area is 186 Å². The Hall–Kier alpha value is -3.31. The summed E-state index contributed by atoms with van der Waals surface area (Å²) in [5, 5.41) is 3.61. The van der Waals surface area contributed by atoms with Gasteiger partial charge < -0.3 is 14.5 Å². The van der Waals surface area contributed by atoms with Crippen molar-refractivity contribution >= 4 is 34.3 Å². The Kier molecular flexibility index (Phi) is 6.53. The molecule has 0 fully saturated rings. The van der Waals surface area contributed by atoms with Crippen LogP contribution in [0.1, 0.15) is 41.6 Å². The van der Waals surface area contributed by atoms with Gasteiger partial charge in [0.05, 0.1) is 6.61 Å². The number of halogens is 1. The molecule has 4 aromatic rings. The van der Waals surface area contributed by atoms with Gasteiger partial charge >= 0.3 is 0 Å². The van der Waals surface area contributed by atoms with Crippen LogP contribution in [0, 0.1) is 0 Å². The molecule has 158 valence electrons. The van der Waals surface area contributed by atoms with Crippen molar-refractivity contribution in [2.45, 2.75) is 26.2 Å². The van der Waals surface area contributed by atoms with Gasteiger partial charge in [-0.15, -0.1) is 0 Å². The average molecular weight is 435 g/mol. The molecule has 4 rings (SSSR count). The minimum Gasteiger partial charge on any atom is -0.494 e. The van der Waals surface area contributed by atoms with Gasteiger partial charge in [-0.05, 0) is 66.6 Å². The average Bonchev–Trinajstić information content (AvgIpc) is 3.17. The van der Waals surface area contributed by atoms with Crippen LogP contribution in [0.25, 0.3) is 11.1 Å². The van der Waals surface area contributed by atoms with Crippen LogP contribution in [0.3, 0.4) is 0 Å². The first kappa shape index (κ1) is 20.9. The van der Waals surface area contributed by atoms with Crippen LogP contribution in [-0.4, -0.2) is 17.5 Å². The van der Waals surface area contributed by atoms with Crippen molar-refractivity contribution in [3.63, 3.8) is 0 Å². The van der Waals surface area contributed by atoms with E-state index < -0.39 is 0 Å². The number of amides is 1. The van der Waals surface area contributed by atoms with E-state index in [1.165, 1.54) is 0 Å². The molecule has 1 amide bonds. The second-order valence-electron chi connectivity index (χ2n) is 7.27. The Balaban J connectivity index is 1.42. The predicted molar refractivity (Wildman–Crippen MR) is 123 cm³/mol. The van der Waals surface area contributed by atoms with Gasteiger partial charge in [-0.3, -0.25) is 4.79 Å². The third-order valence-corrected chi connectivity index (χ3v) is 5.09. The molecular formula is C25H23ClN2O3. The summed E-state index contributed by atoms with van der Waals surface area (Å²) < 4.78 is 11.5. The molecule has 0 spiro atoms. The van der Waals surface area contributed by atoms with E-state index in [1.54, 1.807) is 18.2 Å². The van der Waals surface area contributed by atoms with Gasteiger partial charge in [0.2, 0.25) is 0 Å². The molecule has 0 radical (unpaired) electrons. The number of nitrogens with one attached hydrogen (secondary N) is 1. The molecule has 3 aromatic carbocycles. The van der Waals surface area contributed by atoms with Gasteiger partial charge in [0, 0.05) is 22.7 Å². The van der Waals surface area contributed by atoms with Crippen LogP contribution in [0.5, 0.6) is 5.75 Å². The number of oxazole rings is 1. The van der Waals surface area contributed by atoms with Crippen molar-refractivity contribution in [1.29, 1.82) is 0 Å². The molecule has 0 aliphatic carbocycles. The highest BCUT2D eigenvalue weighted by atomic mass is 35.5. The van der Waals surface area contributed by atoms with Crippen LogP contribution in [-0.2, 0) is 6.42 Å². The molecule has 0 saturated carbocycles. The third-order valence-electron chi connectivity index (χ3n) is 4.84. The maximum Gasteiger partial charge on any atom is 0.255 e. The summed E-state index contributed by atoms with van der Waals surface area (Å²) in [5.41, 5.74) is 3.65. The zero-order valence-electron chi connectivity index (χ0n) is 17.2. The number of carbonyl (C=O) groups is 1. The monoisotopic (exact) mass is 434 g/mol. The maximum absolute atomic E-state index is 12.6. The van der Waals surface area contributed by atoms with Crippen molar-refractivity contribution in [3.05, 3.63) is 88.8 Å². The molecule has 5 nitrogen and oxygen atoms in total. The number of aromatic nitrogens is 1. The number of unbranched alkanes of at least 4 members (excludes halogenated alkanes) is 1. The number of benzene rings is 3. The van der Waals surface area contributed by atoms with E-state index in [0.717, 1.165) is 24.2 Å². The molecule has 0 unspecified atom stereocenters. The Morgan fingerprint density at radius 1 is 1.06 bits per heavy atom. The fourth-order valence-corrected chi connectivity index (χ4v) is 3.27. The minimum atomic E-state index is -0.190. The molecule has 0 bridgehead atoms. The molecular weight excluding hydrogens is 412 g/mol. The minimum absolute atomic E-state index is 0.190. The summed E-state index contributed by atoms with van der Waals surface area (Å²) in [6.45, 7) is 2.80. The lowest BCUT2D eigenvalue weighted by Gasteiger charge is -2.07. The number of rotatable bonds is 8. The SMILES string of the molecule is CCCCOc1ccc(C(=O)Nc2ccc3oc(Cc4ccc(Cl)cc4)nc3c2)cc1. The second kappa shape index (κ2) is 9.67. The number of nitrogens with zero attached hydrogens (tertiary/aromatic N) is 1. The van der Waals surface area contributed by atoms with Gasteiger partial charge in [0.15, 0.2) is 11.5 Å². The van der Waals surface area contributed by atoms with E-state index in [9.17, 15) is 4.79 Å².